The van der Waals surface area contributed by atoms with Crippen molar-refractivity contribution in [2.75, 3.05) is 32.8 Å². The molecule has 0 aliphatic carbocycles. The molecule has 0 saturated heterocycles. The molecule has 0 bridgehead atoms. The molecule has 114 valence electrons. The van der Waals surface area contributed by atoms with Crippen LogP contribution < -0.4 is 5.32 Å². The maximum atomic E-state index is 9.66. The topological polar surface area (TPSA) is 35.5 Å². The summed E-state index contributed by atoms with van der Waals surface area (Å²) in [6.45, 7) is 8.51. The van der Waals surface area contributed by atoms with Crippen molar-refractivity contribution >= 4 is 10.8 Å². The first-order valence-corrected chi connectivity index (χ1v) is 7.83. The summed E-state index contributed by atoms with van der Waals surface area (Å²) in [5.74, 6) is 0. The second-order valence-electron chi connectivity index (χ2n) is 5.32. The highest BCUT2D eigenvalue weighted by atomic mass is 16.3. The van der Waals surface area contributed by atoms with E-state index in [0.717, 1.165) is 31.7 Å². The molecule has 1 atom stereocenters. The number of hydrogen-bond acceptors (Lipinski definition) is 3. The molecule has 1 unspecified atom stereocenters. The van der Waals surface area contributed by atoms with Gasteiger partial charge in [-0.3, -0.25) is 0 Å². The Morgan fingerprint density at radius 3 is 2.43 bits per heavy atom. The van der Waals surface area contributed by atoms with Crippen LogP contribution in [0.4, 0.5) is 0 Å². The third-order valence-corrected chi connectivity index (χ3v) is 4.07. The highest BCUT2D eigenvalue weighted by molar-refractivity contribution is 5.83. The van der Waals surface area contributed by atoms with Crippen molar-refractivity contribution in [2.24, 2.45) is 0 Å². The minimum Gasteiger partial charge on any atom is -0.394 e. The molecule has 0 aliphatic heterocycles. The van der Waals surface area contributed by atoms with Crippen molar-refractivity contribution in [1.82, 2.24) is 10.2 Å². The van der Waals surface area contributed by atoms with Gasteiger partial charge in [0.05, 0.1) is 12.6 Å². The standard InChI is InChI=1S/C18H26N2O/c1-3-20(4-2)12-11-19-18(14-21)17-10-9-15-7-5-6-8-16(15)13-17/h5-10,13,18-19,21H,3-4,11-12,14H2,1-2H3. The zero-order valence-electron chi connectivity index (χ0n) is 13.0. The number of rotatable bonds is 8. The molecule has 3 heteroatoms. The van der Waals surface area contributed by atoms with Gasteiger partial charge in [-0.15, -0.1) is 0 Å². The Morgan fingerprint density at radius 1 is 1.05 bits per heavy atom. The minimum atomic E-state index is 0.00479. The zero-order valence-corrected chi connectivity index (χ0v) is 13.0. The number of benzene rings is 2. The molecule has 0 aromatic heterocycles. The van der Waals surface area contributed by atoms with Crippen LogP contribution in [0.2, 0.25) is 0 Å². The summed E-state index contributed by atoms with van der Waals surface area (Å²) in [7, 11) is 0. The summed E-state index contributed by atoms with van der Waals surface area (Å²) in [6.07, 6.45) is 0. The summed E-state index contributed by atoms with van der Waals surface area (Å²) in [6, 6.07) is 14.7. The molecule has 2 aromatic rings. The fourth-order valence-corrected chi connectivity index (χ4v) is 2.65. The van der Waals surface area contributed by atoms with Crippen LogP contribution in [0.25, 0.3) is 10.8 Å². The fraction of sp³-hybridized carbons (Fsp3) is 0.444. The van der Waals surface area contributed by atoms with Gasteiger partial charge in [0.25, 0.3) is 0 Å². The Labute approximate surface area is 127 Å². The zero-order chi connectivity index (χ0) is 15.1. The predicted octanol–water partition coefficient (Wildman–Crippen LogP) is 2.80. The van der Waals surface area contributed by atoms with Crippen LogP contribution in [-0.4, -0.2) is 42.8 Å². The molecule has 0 aliphatic rings. The monoisotopic (exact) mass is 286 g/mol. The highest BCUT2D eigenvalue weighted by Crippen LogP contribution is 2.20. The van der Waals surface area contributed by atoms with E-state index in [4.69, 9.17) is 0 Å². The van der Waals surface area contributed by atoms with Crippen LogP contribution >= 0.6 is 0 Å². The Kier molecular flexibility index (Phi) is 6.18. The summed E-state index contributed by atoms with van der Waals surface area (Å²) < 4.78 is 0. The van der Waals surface area contributed by atoms with Crippen molar-refractivity contribution < 1.29 is 5.11 Å². The largest absolute Gasteiger partial charge is 0.394 e. The Morgan fingerprint density at radius 2 is 1.76 bits per heavy atom. The van der Waals surface area contributed by atoms with Crippen molar-refractivity contribution in [3.8, 4) is 0 Å². The van der Waals surface area contributed by atoms with Gasteiger partial charge in [0.2, 0.25) is 0 Å². The lowest BCUT2D eigenvalue weighted by atomic mass is 10.0. The Hall–Kier alpha value is -1.42. The van der Waals surface area contributed by atoms with Gasteiger partial charge in [0, 0.05) is 13.1 Å². The molecule has 2 rings (SSSR count). The second-order valence-corrected chi connectivity index (χ2v) is 5.32. The number of hydrogen-bond donors (Lipinski definition) is 2. The van der Waals surface area contributed by atoms with E-state index in [-0.39, 0.29) is 12.6 Å². The lowest BCUT2D eigenvalue weighted by Crippen LogP contribution is -2.34. The van der Waals surface area contributed by atoms with E-state index < -0.39 is 0 Å². The first kappa shape index (κ1) is 16.0. The first-order valence-electron chi connectivity index (χ1n) is 7.83. The normalized spacial score (nSPS) is 13.0. The quantitative estimate of drug-likeness (QED) is 0.783. The van der Waals surface area contributed by atoms with Crippen LogP contribution in [0.3, 0.4) is 0 Å². The fourth-order valence-electron chi connectivity index (χ4n) is 2.65. The number of aliphatic hydroxyl groups excluding tert-OH is 1. The van der Waals surface area contributed by atoms with Crippen molar-refractivity contribution in [3.63, 3.8) is 0 Å². The molecule has 0 saturated carbocycles. The van der Waals surface area contributed by atoms with Crippen LogP contribution in [0.5, 0.6) is 0 Å². The third-order valence-electron chi connectivity index (χ3n) is 4.07. The number of likely N-dealkylation sites (N-methyl/N-ethyl adjacent to an activating group) is 1. The molecule has 0 radical (unpaired) electrons. The van der Waals surface area contributed by atoms with Crippen LogP contribution in [0.1, 0.15) is 25.5 Å². The van der Waals surface area contributed by atoms with Gasteiger partial charge >= 0.3 is 0 Å². The average Bonchev–Trinajstić information content (AvgIpc) is 2.55. The molecule has 0 fully saturated rings. The van der Waals surface area contributed by atoms with Gasteiger partial charge < -0.3 is 15.3 Å². The maximum absolute atomic E-state index is 9.66. The van der Waals surface area contributed by atoms with E-state index in [0.29, 0.717) is 0 Å². The minimum absolute atomic E-state index is 0.00479. The van der Waals surface area contributed by atoms with E-state index >= 15 is 0 Å². The summed E-state index contributed by atoms with van der Waals surface area (Å²) >= 11 is 0. The van der Waals surface area contributed by atoms with Gasteiger partial charge in [-0.2, -0.15) is 0 Å². The van der Waals surface area contributed by atoms with Crippen molar-refractivity contribution in [1.29, 1.82) is 0 Å². The van der Waals surface area contributed by atoms with Gasteiger partial charge in [0.15, 0.2) is 0 Å². The van der Waals surface area contributed by atoms with Gasteiger partial charge in [0.1, 0.15) is 0 Å². The maximum Gasteiger partial charge on any atom is 0.0626 e. The molecular weight excluding hydrogens is 260 g/mol. The lowest BCUT2D eigenvalue weighted by Gasteiger charge is -2.22. The molecule has 21 heavy (non-hydrogen) atoms. The first-order chi connectivity index (χ1) is 10.3. The van der Waals surface area contributed by atoms with Crippen LogP contribution in [-0.2, 0) is 0 Å². The molecule has 0 spiro atoms. The van der Waals surface area contributed by atoms with E-state index in [2.05, 4.69) is 54.4 Å². The summed E-state index contributed by atoms with van der Waals surface area (Å²) in [5.41, 5.74) is 1.15. The smallest absolute Gasteiger partial charge is 0.0626 e. The van der Waals surface area contributed by atoms with Gasteiger partial charge in [-0.25, -0.2) is 0 Å². The second kappa shape index (κ2) is 8.13. The molecule has 0 heterocycles. The number of nitrogens with one attached hydrogen (secondary N) is 1. The molecule has 3 nitrogen and oxygen atoms in total. The Balaban J connectivity index is 2.01. The third kappa shape index (κ3) is 4.27. The van der Waals surface area contributed by atoms with E-state index in [1.807, 2.05) is 12.1 Å². The molecule has 2 N–H and O–H groups in total. The van der Waals surface area contributed by atoms with Crippen LogP contribution in [0, 0.1) is 0 Å². The Bertz CT molecular complexity index is 552. The summed E-state index contributed by atoms with van der Waals surface area (Å²) in [4.78, 5) is 2.38. The van der Waals surface area contributed by atoms with E-state index in [1.54, 1.807) is 0 Å². The summed E-state index contributed by atoms with van der Waals surface area (Å²) in [5, 5.41) is 15.6. The lowest BCUT2D eigenvalue weighted by molar-refractivity contribution is 0.233. The number of fused-ring (bicyclic) bond motifs is 1. The molecule has 0 amide bonds. The SMILES string of the molecule is CCN(CC)CCNC(CO)c1ccc2ccccc2c1. The van der Waals surface area contributed by atoms with Gasteiger partial charge in [-0.1, -0.05) is 50.2 Å². The predicted molar refractivity (Wildman–Crippen MR) is 89.6 cm³/mol. The van der Waals surface area contributed by atoms with Crippen LogP contribution in [0.15, 0.2) is 42.5 Å². The van der Waals surface area contributed by atoms with Crippen molar-refractivity contribution in [3.05, 3.63) is 48.0 Å². The van der Waals surface area contributed by atoms with E-state index in [9.17, 15) is 5.11 Å². The molecular formula is C18H26N2O. The highest BCUT2D eigenvalue weighted by Gasteiger charge is 2.10. The van der Waals surface area contributed by atoms with E-state index in [1.165, 1.54) is 10.8 Å². The number of nitrogens with zero attached hydrogens (tertiary/aromatic N) is 1. The average molecular weight is 286 g/mol. The van der Waals surface area contributed by atoms with Crippen molar-refractivity contribution in [2.45, 2.75) is 19.9 Å². The molecule has 2 aromatic carbocycles. The number of aliphatic hydroxyl groups is 1. The van der Waals surface area contributed by atoms with Gasteiger partial charge in [-0.05, 0) is 35.5 Å².